The van der Waals surface area contributed by atoms with Gasteiger partial charge in [-0.1, -0.05) is 6.07 Å². The van der Waals surface area contributed by atoms with Crippen LogP contribution in [0.15, 0.2) is 24.4 Å². The van der Waals surface area contributed by atoms with E-state index in [2.05, 4.69) is 4.98 Å². The number of carboxylic acids is 1. The summed E-state index contributed by atoms with van der Waals surface area (Å²) < 4.78 is 1.40. The van der Waals surface area contributed by atoms with Gasteiger partial charge < -0.3 is 21.0 Å². The molecule has 0 saturated carbocycles. The van der Waals surface area contributed by atoms with Crippen molar-refractivity contribution >= 4 is 29.2 Å². The van der Waals surface area contributed by atoms with E-state index in [4.69, 9.17) is 10.8 Å². The van der Waals surface area contributed by atoms with Gasteiger partial charge in [0.25, 0.3) is 0 Å². The molecule has 0 aromatic carbocycles. The average molecular weight is 296 g/mol. The van der Waals surface area contributed by atoms with E-state index < -0.39 is 16.9 Å². The summed E-state index contributed by atoms with van der Waals surface area (Å²) in [5.74, 6) is -0.793. The zero-order valence-corrected chi connectivity index (χ0v) is 11.1. The number of nitro groups is 1. The molecule has 2 aromatic heterocycles. The van der Waals surface area contributed by atoms with Crippen LogP contribution in [-0.2, 0) is 10.5 Å². The number of aliphatic carboxylic acids is 1. The lowest BCUT2D eigenvalue weighted by molar-refractivity contribution is -0.391. The van der Waals surface area contributed by atoms with Crippen molar-refractivity contribution in [3.8, 4) is 0 Å². The summed E-state index contributed by atoms with van der Waals surface area (Å²) >= 11 is 1.20. The summed E-state index contributed by atoms with van der Waals surface area (Å²) in [4.78, 5) is 25.4. The third kappa shape index (κ3) is 2.89. The van der Waals surface area contributed by atoms with Gasteiger partial charge in [-0.25, -0.2) is 4.98 Å². The summed E-state index contributed by atoms with van der Waals surface area (Å²) in [6.45, 7) is 0. The monoisotopic (exact) mass is 296 g/mol. The van der Waals surface area contributed by atoms with Crippen molar-refractivity contribution in [1.82, 2.24) is 9.38 Å². The predicted molar refractivity (Wildman–Crippen MR) is 73.6 cm³/mol. The molecule has 20 heavy (non-hydrogen) atoms. The molecular formula is C11H12N4O4S. The molecule has 2 aromatic rings. The molecule has 3 N–H and O–H groups in total. The van der Waals surface area contributed by atoms with Crippen LogP contribution in [0.4, 0.5) is 5.82 Å². The fourth-order valence-electron chi connectivity index (χ4n) is 1.68. The second-order valence-electron chi connectivity index (χ2n) is 4.03. The fourth-order valence-corrected chi connectivity index (χ4v) is 2.58. The first kappa shape index (κ1) is 14.3. The van der Waals surface area contributed by atoms with Crippen molar-refractivity contribution in [2.24, 2.45) is 5.73 Å². The van der Waals surface area contributed by atoms with E-state index in [-0.39, 0.29) is 17.3 Å². The molecule has 0 aliphatic rings. The van der Waals surface area contributed by atoms with Crippen LogP contribution >= 0.6 is 11.8 Å². The van der Waals surface area contributed by atoms with Crippen molar-refractivity contribution < 1.29 is 14.8 Å². The van der Waals surface area contributed by atoms with Gasteiger partial charge in [0.2, 0.25) is 5.65 Å². The molecule has 0 aliphatic heterocycles. The minimum absolute atomic E-state index is 0.100. The topological polar surface area (TPSA) is 124 Å². The van der Waals surface area contributed by atoms with E-state index in [1.807, 2.05) is 0 Å². The molecule has 0 amide bonds. The summed E-state index contributed by atoms with van der Waals surface area (Å²) in [6.07, 6.45) is 1.57. The maximum absolute atomic E-state index is 11.1. The van der Waals surface area contributed by atoms with Crippen molar-refractivity contribution in [3.05, 3.63) is 40.2 Å². The molecule has 0 spiro atoms. The number of carbonyl (C=O) groups is 1. The molecule has 0 radical (unpaired) electrons. The van der Waals surface area contributed by atoms with E-state index in [0.29, 0.717) is 11.3 Å². The minimum Gasteiger partial charge on any atom is -0.480 e. The second-order valence-corrected chi connectivity index (χ2v) is 5.06. The molecule has 0 bridgehead atoms. The Morgan fingerprint density at radius 3 is 3.00 bits per heavy atom. The highest BCUT2D eigenvalue weighted by Gasteiger charge is 2.22. The minimum atomic E-state index is -1.10. The van der Waals surface area contributed by atoms with Crippen LogP contribution in [0, 0.1) is 10.1 Å². The van der Waals surface area contributed by atoms with Gasteiger partial charge in [-0.3, -0.25) is 4.79 Å². The van der Waals surface area contributed by atoms with Gasteiger partial charge in [-0.2, -0.15) is 16.2 Å². The van der Waals surface area contributed by atoms with Crippen LogP contribution < -0.4 is 5.73 Å². The Hall–Kier alpha value is -2.13. The van der Waals surface area contributed by atoms with Crippen LogP contribution in [-0.4, -0.2) is 37.2 Å². The normalized spacial score (nSPS) is 12.4. The standard InChI is InChI=1S/C11H12N4O4S/c12-7(11(16)17)5-20-6-8-10(15(18)19)14-4-2-1-3-9(14)13-8/h1-4,7H,5-6,12H2,(H,16,17)/t7-/m1/s1. The largest absolute Gasteiger partial charge is 0.480 e. The lowest BCUT2D eigenvalue weighted by Crippen LogP contribution is -2.32. The smallest absolute Gasteiger partial charge is 0.351 e. The van der Waals surface area contributed by atoms with Crippen LogP contribution in [0.1, 0.15) is 5.69 Å². The van der Waals surface area contributed by atoms with Crippen LogP contribution in [0.3, 0.4) is 0 Å². The quantitative estimate of drug-likeness (QED) is 0.599. The maximum Gasteiger partial charge on any atom is 0.351 e. The second kappa shape index (κ2) is 5.88. The van der Waals surface area contributed by atoms with Gasteiger partial charge in [0.15, 0.2) is 0 Å². The summed E-state index contributed by atoms with van der Waals surface area (Å²) in [5, 5.41) is 19.8. The number of fused-ring (bicyclic) bond motifs is 1. The molecule has 0 aliphatic carbocycles. The van der Waals surface area contributed by atoms with Crippen molar-refractivity contribution in [2.75, 3.05) is 5.75 Å². The lowest BCUT2D eigenvalue weighted by Gasteiger charge is -2.04. The first-order valence-corrected chi connectivity index (χ1v) is 6.82. The third-order valence-corrected chi connectivity index (χ3v) is 3.67. The van der Waals surface area contributed by atoms with E-state index in [1.54, 1.807) is 24.4 Å². The van der Waals surface area contributed by atoms with Gasteiger partial charge in [0.1, 0.15) is 11.7 Å². The number of carboxylic acid groups (broad SMARTS) is 1. The zero-order chi connectivity index (χ0) is 14.7. The van der Waals surface area contributed by atoms with Crippen molar-refractivity contribution in [2.45, 2.75) is 11.8 Å². The van der Waals surface area contributed by atoms with Gasteiger partial charge in [0.05, 0.1) is 6.20 Å². The van der Waals surface area contributed by atoms with E-state index in [9.17, 15) is 14.9 Å². The molecule has 0 unspecified atom stereocenters. The first-order valence-electron chi connectivity index (χ1n) is 5.67. The number of nitrogens with two attached hydrogens (primary N) is 1. The Bertz CT molecular complexity index is 657. The maximum atomic E-state index is 11.1. The molecular weight excluding hydrogens is 284 g/mol. The Kier molecular flexibility index (Phi) is 4.20. The number of hydrogen-bond acceptors (Lipinski definition) is 6. The molecule has 9 heteroatoms. The highest BCUT2D eigenvalue weighted by molar-refractivity contribution is 7.98. The van der Waals surface area contributed by atoms with Crippen LogP contribution in [0.2, 0.25) is 0 Å². The SMILES string of the molecule is N[C@H](CSCc1nc2ccccn2c1[N+](=O)[O-])C(=O)O. The first-order chi connectivity index (χ1) is 9.50. The van der Waals surface area contributed by atoms with Crippen molar-refractivity contribution in [3.63, 3.8) is 0 Å². The average Bonchev–Trinajstić information content (AvgIpc) is 2.76. The Morgan fingerprint density at radius 2 is 2.35 bits per heavy atom. The third-order valence-electron chi connectivity index (χ3n) is 2.60. The number of aromatic nitrogens is 2. The van der Waals surface area contributed by atoms with Gasteiger partial charge in [0, 0.05) is 17.6 Å². The molecule has 2 heterocycles. The van der Waals surface area contributed by atoms with Crippen LogP contribution in [0.25, 0.3) is 5.65 Å². The molecule has 2 rings (SSSR count). The lowest BCUT2D eigenvalue weighted by atomic mass is 10.4. The highest BCUT2D eigenvalue weighted by atomic mass is 32.2. The zero-order valence-electron chi connectivity index (χ0n) is 10.3. The molecule has 0 fully saturated rings. The van der Waals surface area contributed by atoms with Gasteiger partial charge in [-0.05, 0) is 11.0 Å². The Morgan fingerprint density at radius 1 is 1.60 bits per heavy atom. The van der Waals surface area contributed by atoms with Gasteiger partial charge in [-0.15, -0.1) is 0 Å². The van der Waals surface area contributed by atoms with Crippen molar-refractivity contribution in [1.29, 1.82) is 0 Å². The number of rotatable bonds is 6. The molecule has 8 nitrogen and oxygen atoms in total. The van der Waals surface area contributed by atoms with E-state index >= 15 is 0 Å². The Balaban J connectivity index is 2.19. The number of nitrogens with zero attached hydrogens (tertiary/aromatic N) is 3. The summed E-state index contributed by atoms with van der Waals surface area (Å²) in [7, 11) is 0. The van der Waals surface area contributed by atoms with Gasteiger partial charge >= 0.3 is 11.8 Å². The number of hydrogen-bond donors (Lipinski definition) is 2. The summed E-state index contributed by atoms with van der Waals surface area (Å²) in [5.41, 5.74) is 6.17. The molecule has 106 valence electrons. The number of thioether (sulfide) groups is 1. The number of pyridine rings is 1. The molecule has 0 saturated heterocycles. The van der Waals surface area contributed by atoms with E-state index in [0.717, 1.165) is 0 Å². The highest BCUT2D eigenvalue weighted by Crippen LogP contribution is 2.24. The van der Waals surface area contributed by atoms with E-state index in [1.165, 1.54) is 16.2 Å². The predicted octanol–water partition coefficient (Wildman–Crippen LogP) is 0.888. The van der Waals surface area contributed by atoms with Crippen LogP contribution in [0.5, 0.6) is 0 Å². The fraction of sp³-hybridized carbons (Fsp3) is 0.273. The summed E-state index contributed by atoms with van der Waals surface area (Å²) in [6, 6.07) is 4.10. The number of imidazole rings is 1. The molecule has 1 atom stereocenters. The Labute approximate surface area is 117 Å².